The van der Waals surface area contributed by atoms with Crippen LogP contribution in [0.1, 0.15) is 12.3 Å². The highest BCUT2D eigenvalue weighted by Crippen LogP contribution is 2.21. The fourth-order valence-corrected chi connectivity index (χ4v) is 1.87. The molecule has 2 aromatic rings. The normalized spacial score (nSPS) is 11.5. The van der Waals surface area contributed by atoms with Crippen LogP contribution in [-0.2, 0) is 11.3 Å². The van der Waals surface area contributed by atoms with E-state index < -0.39 is 0 Å². The van der Waals surface area contributed by atoms with Crippen LogP contribution >= 0.6 is 0 Å². The molecule has 18 heavy (non-hydrogen) atoms. The van der Waals surface area contributed by atoms with Crippen molar-refractivity contribution >= 4 is 16.8 Å². The molecule has 0 aliphatic rings. The zero-order chi connectivity index (χ0) is 13.0. The van der Waals surface area contributed by atoms with Crippen molar-refractivity contribution in [1.29, 1.82) is 0 Å². The van der Waals surface area contributed by atoms with Crippen molar-refractivity contribution in [2.75, 3.05) is 33.0 Å². The van der Waals surface area contributed by atoms with Gasteiger partial charge in [-0.05, 0) is 25.6 Å². The molecule has 1 heterocycles. The second-order valence-electron chi connectivity index (χ2n) is 4.39. The molecule has 0 unspecified atom stereocenters. The molecule has 0 saturated carbocycles. The van der Waals surface area contributed by atoms with Crippen LogP contribution in [0.5, 0.6) is 0 Å². The highest BCUT2D eigenvalue weighted by molar-refractivity contribution is 5.85. The summed E-state index contributed by atoms with van der Waals surface area (Å²) in [5, 5.41) is 0. The fraction of sp³-hybridized carbons (Fsp3) is 0.462. The van der Waals surface area contributed by atoms with Crippen LogP contribution in [0.3, 0.4) is 0 Å². The Morgan fingerprint density at radius 1 is 1.44 bits per heavy atom. The van der Waals surface area contributed by atoms with Gasteiger partial charge >= 0.3 is 0 Å². The third kappa shape index (κ3) is 3.00. The maximum Gasteiger partial charge on any atom is 0.209 e. The topological polar surface area (TPSA) is 64.5 Å². The van der Waals surface area contributed by atoms with Crippen molar-refractivity contribution in [2.45, 2.75) is 13.0 Å². The smallest absolute Gasteiger partial charge is 0.209 e. The van der Waals surface area contributed by atoms with Gasteiger partial charge in [-0.15, -0.1) is 0 Å². The number of nitrogens with zero attached hydrogens (tertiary/aromatic N) is 2. The van der Waals surface area contributed by atoms with Gasteiger partial charge in [0.2, 0.25) is 5.89 Å². The minimum absolute atomic E-state index is 0.657. The highest BCUT2D eigenvalue weighted by atomic mass is 16.5. The van der Waals surface area contributed by atoms with E-state index in [-0.39, 0.29) is 0 Å². The predicted molar refractivity (Wildman–Crippen MR) is 71.2 cm³/mol. The first kappa shape index (κ1) is 12.9. The third-order valence-corrected chi connectivity index (χ3v) is 2.79. The molecule has 0 aliphatic carbocycles. The number of aromatic nitrogens is 1. The summed E-state index contributed by atoms with van der Waals surface area (Å²) in [5.74, 6) is 0.697. The van der Waals surface area contributed by atoms with Crippen LogP contribution in [0.15, 0.2) is 22.6 Å². The molecule has 0 bridgehead atoms. The molecule has 0 saturated heterocycles. The number of benzene rings is 1. The molecule has 5 nitrogen and oxygen atoms in total. The number of rotatable bonds is 6. The van der Waals surface area contributed by atoms with Crippen molar-refractivity contribution < 1.29 is 9.15 Å². The van der Waals surface area contributed by atoms with Crippen LogP contribution in [-0.4, -0.2) is 37.2 Å². The molecule has 0 aliphatic heterocycles. The number of nitrogens with two attached hydrogens (primary N) is 1. The zero-order valence-corrected chi connectivity index (χ0v) is 10.8. The maximum atomic E-state index is 5.85. The number of ether oxygens (including phenoxy) is 1. The molecule has 0 fully saturated rings. The monoisotopic (exact) mass is 249 g/mol. The molecule has 98 valence electrons. The Morgan fingerprint density at radius 2 is 2.28 bits per heavy atom. The van der Waals surface area contributed by atoms with Gasteiger partial charge in [-0.3, -0.25) is 4.90 Å². The molecule has 2 rings (SSSR count). The maximum absolute atomic E-state index is 5.85. The molecule has 1 aromatic carbocycles. The summed E-state index contributed by atoms with van der Waals surface area (Å²) in [6, 6.07) is 5.58. The second-order valence-corrected chi connectivity index (χ2v) is 4.39. The average molecular weight is 249 g/mol. The summed E-state index contributed by atoms with van der Waals surface area (Å²) < 4.78 is 10.7. The molecular formula is C13H19N3O2. The fourth-order valence-electron chi connectivity index (χ4n) is 1.87. The van der Waals surface area contributed by atoms with Crippen molar-refractivity contribution in [1.82, 2.24) is 9.88 Å². The molecular weight excluding hydrogens is 230 g/mol. The molecule has 0 amide bonds. The predicted octanol–water partition coefficient (Wildman–Crippen LogP) is 1.88. The number of hydrogen-bond donors (Lipinski definition) is 1. The van der Waals surface area contributed by atoms with Gasteiger partial charge in [-0.1, -0.05) is 6.07 Å². The van der Waals surface area contributed by atoms with E-state index in [1.54, 1.807) is 7.11 Å². The van der Waals surface area contributed by atoms with E-state index in [4.69, 9.17) is 14.9 Å². The summed E-state index contributed by atoms with van der Waals surface area (Å²) in [4.78, 5) is 6.57. The van der Waals surface area contributed by atoms with Gasteiger partial charge < -0.3 is 14.9 Å². The number of nitrogen functional groups attached to an aromatic ring is 1. The van der Waals surface area contributed by atoms with E-state index in [2.05, 4.69) is 9.88 Å². The van der Waals surface area contributed by atoms with Crippen molar-refractivity contribution in [3.05, 3.63) is 24.1 Å². The van der Waals surface area contributed by atoms with Crippen molar-refractivity contribution in [3.8, 4) is 0 Å². The van der Waals surface area contributed by atoms with Crippen LogP contribution in [0.2, 0.25) is 0 Å². The first-order valence-electron chi connectivity index (χ1n) is 6.02. The third-order valence-electron chi connectivity index (χ3n) is 2.79. The van der Waals surface area contributed by atoms with E-state index in [0.717, 1.165) is 30.7 Å². The van der Waals surface area contributed by atoms with Crippen LogP contribution in [0, 0.1) is 0 Å². The van der Waals surface area contributed by atoms with Gasteiger partial charge in [0.25, 0.3) is 0 Å². The lowest BCUT2D eigenvalue weighted by molar-refractivity contribution is 0.175. The second kappa shape index (κ2) is 5.84. The quantitative estimate of drug-likeness (QED) is 0.625. The van der Waals surface area contributed by atoms with Gasteiger partial charge in [0.05, 0.1) is 12.2 Å². The lowest BCUT2D eigenvalue weighted by Gasteiger charge is -2.13. The standard InChI is InChI=1S/C13H19N3O2/c1-16(7-4-8-17-2)9-12-15-13-10(14)5-3-6-11(13)18-12/h3,5-6H,4,7-9,14H2,1-2H3. The minimum atomic E-state index is 0.657. The summed E-state index contributed by atoms with van der Waals surface area (Å²) in [7, 11) is 3.75. The minimum Gasteiger partial charge on any atom is -0.439 e. The summed E-state index contributed by atoms with van der Waals surface area (Å²) in [5.41, 5.74) is 8.00. The SMILES string of the molecule is COCCCN(C)Cc1nc2c(N)cccc2o1. The first-order chi connectivity index (χ1) is 8.70. The largest absolute Gasteiger partial charge is 0.439 e. The Labute approximate surface area is 107 Å². The Balaban J connectivity index is 2.01. The molecule has 2 N–H and O–H groups in total. The Kier molecular flexibility index (Phi) is 4.17. The van der Waals surface area contributed by atoms with Gasteiger partial charge in [0, 0.05) is 20.3 Å². The van der Waals surface area contributed by atoms with E-state index in [1.807, 2.05) is 25.2 Å². The number of hydrogen-bond acceptors (Lipinski definition) is 5. The van der Waals surface area contributed by atoms with Crippen LogP contribution in [0.25, 0.3) is 11.1 Å². The van der Waals surface area contributed by atoms with E-state index >= 15 is 0 Å². The zero-order valence-electron chi connectivity index (χ0n) is 10.8. The van der Waals surface area contributed by atoms with Crippen LogP contribution < -0.4 is 5.73 Å². The molecule has 5 heteroatoms. The van der Waals surface area contributed by atoms with Gasteiger partial charge in [0.15, 0.2) is 5.58 Å². The molecule has 1 aromatic heterocycles. The average Bonchev–Trinajstić information content (AvgIpc) is 2.73. The first-order valence-corrected chi connectivity index (χ1v) is 6.02. The van der Waals surface area contributed by atoms with E-state index in [0.29, 0.717) is 18.1 Å². The lowest BCUT2D eigenvalue weighted by Crippen LogP contribution is -2.20. The number of anilines is 1. The lowest BCUT2D eigenvalue weighted by atomic mass is 10.3. The Bertz CT molecular complexity index is 510. The van der Waals surface area contributed by atoms with Crippen molar-refractivity contribution in [3.63, 3.8) is 0 Å². The Hall–Kier alpha value is -1.59. The van der Waals surface area contributed by atoms with Gasteiger partial charge in [-0.2, -0.15) is 0 Å². The number of fused-ring (bicyclic) bond motifs is 1. The van der Waals surface area contributed by atoms with Crippen molar-refractivity contribution in [2.24, 2.45) is 0 Å². The molecule has 0 radical (unpaired) electrons. The Morgan fingerprint density at radius 3 is 3.00 bits per heavy atom. The summed E-state index contributed by atoms with van der Waals surface area (Å²) >= 11 is 0. The number of oxazole rings is 1. The van der Waals surface area contributed by atoms with Gasteiger partial charge in [-0.25, -0.2) is 4.98 Å². The summed E-state index contributed by atoms with van der Waals surface area (Å²) in [6.07, 6.45) is 0.995. The van der Waals surface area contributed by atoms with Crippen LogP contribution in [0.4, 0.5) is 5.69 Å². The highest BCUT2D eigenvalue weighted by Gasteiger charge is 2.09. The molecule has 0 atom stereocenters. The molecule has 0 spiro atoms. The summed E-state index contributed by atoms with van der Waals surface area (Å²) in [6.45, 7) is 2.39. The number of methoxy groups -OCH3 is 1. The van der Waals surface area contributed by atoms with E-state index in [1.165, 1.54) is 0 Å². The van der Waals surface area contributed by atoms with E-state index in [9.17, 15) is 0 Å². The van der Waals surface area contributed by atoms with Gasteiger partial charge in [0.1, 0.15) is 5.52 Å². The number of para-hydroxylation sites is 1.